The number of nitrogens with zero attached hydrogens (tertiary/aromatic N) is 2. The number of rotatable bonds is 8. The lowest BCUT2D eigenvalue weighted by molar-refractivity contribution is -0.121. The third kappa shape index (κ3) is 4.52. The van der Waals surface area contributed by atoms with Gasteiger partial charge in [-0.05, 0) is 57.0 Å². The maximum Gasteiger partial charge on any atom is 0.241 e. The zero-order chi connectivity index (χ0) is 22.8. The van der Waals surface area contributed by atoms with Gasteiger partial charge in [-0.1, -0.05) is 29.8 Å². The molecule has 1 aliphatic carbocycles. The summed E-state index contributed by atoms with van der Waals surface area (Å²) in [6, 6.07) is 13.5. The van der Waals surface area contributed by atoms with Crippen molar-refractivity contribution in [1.82, 2.24) is 10.2 Å². The number of sulfone groups is 1. The van der Waals surface area contributed by atoms with Gasteiger partial charge >= 0.3 is 0 Å². The molecule has 0 bridgehead atoms. The van der Waals surface area contributed by atoms with E-state index in [0.717, 1.165) is 44.7 Å². The highest BCUT2D eigenvalue weighted by molar-refractivity contribution is 7.94. The molecule has 1 amide bonds. The summed E-state index contributed by atoms with van der Waals surface area (Å²) in [6.07, 6.45) is 1.48. The highest BCUT2D eigenvalue weighted by Gasteiger charge is 2.61. The number of amides is 1. The fourth-order valence-corrected chi connectivity index (χ4v) is 6.16. The van der Waals surface area contributed by atoms with E-state index < -0.39 is 14.6 Å². The molecule has 2 aliphatic rings. The molecule has 0 aromatic heterocycles. The van der Waals surface area contributed by atoms with E-state index in [9.17, 15) is 17.6 Å². The van der Waals surface area contributed by atoms with Crippen LogP contribution < -0.4 is 10.2 Å². The van der Waals surface area contributed by atoms with Gasteiger partial charge in [0.2, 0.25) is 5.91 Å². The molecule has 32 heavy (non-hydrogen) atoms. The summed E-state index contributed by atoms with van der Waals surface area (Å²) in [5, 5.41) is 2.85. The minimum absolute atomic E-state index is 0.196. The number of hydrogen-bond donors (Lipinski definition) is 1. The lowest BCUT2D eigenvalue weighted by Gasteiger charge is -2.36. The second-order valence-corrected chi connectivity index (χ2v) is 11.0. The van der Waals surface area contributed by atoms with Gasteiger partial charge in [-0.25, -0.2) is 12.8 Å². The van der Waals surface area contributed by atoms with Crippen molar-refractivity contribution in [2.45, 2.75) is 35.8 Å². The first-order valence-electron chi connectivity index (χ1n) is 11.1. The van der Waals surface area contributed by atoms with Crippen molar-refractivity contribution in [2.75, 3.05) is 44.2 Å². The molecular weight excluding hydrogens is 429 g/mol. The normalized spacial score (nSPS) is 18.4. The van der Waals surface area contributed by atoms with Gasteiger partial charge in [0.15, 0.2) is 14.6 Å². The smallest absolute Gasteiger partial charge is 0.241 e. The zero-order valence-corrected chi connectivity index (χ0v) is 19.2. The molecule has 1 N–H and O–H groups in total. The first kappa shape index (κ1) is 22.7. The van der Waals surface area contributed by atoms with Crippen LogP contribution >= 0.6 is 0 Å². The Morgan fingerprint density at radius 3 is 2.31 bits per heavy atom. The lowest BCUT2D eigenvalue weighted by Crippen LogP contribution is -2.47. The van der Waals surface area contributed by atoms with Crippen molar-refractivity contribution >= 4 is 21.4 Å². The van der Waals surface area contributed by atoms with E-state index in [1.165, 1.54) is 6.07 Å². The van der Waals surface area contributed by atoms with E-state index in [1.54, 1.807) is 36.4 Å². The molecule has 4 rings (SSSR count). The number of benzene rings is 2. The first-order chi connectivity index (χ1) is 15.3. The van der Waals surface area contributed by atoms with Gasteiger partial charge in [0.25, 0.3) is 0 Å². The number of hydrogen-bond acceptors (Lipinski definition) is 5. The van der Waals surface area contributed by atoms with Crippen LogP contribution in [0.5, 0.6) is 0 Å². The summed E-state index contributed by atoms with van der Waals surface area (Å²) < 4.78 is 38.7. The summed E-state index contributed by atoms with van der Waals surface area (Å²) in [7, 11) is -3.70. The number of para-hydroxylation sites is 1. The molecule has 1 saturated carbocycles. The molecular formula is C24H30FN3O3S. The van der Waals surface area contributed by atoms with Crippen molar-refractivity contribution < 1.29 is 17.6 Å². The fraction of sp³-hybridized carbons (Fsp3) is 0.458. The third-order valence-corrected chi connectivity index (χ3v) is 8.98. The van der Waals surface area contributed by atoms with Crippen LogP contribution in [0.15, 0.2) is 53.4 Å². The van der Waals surface area contributed by atoms with E-state index in [-0.39, 0.29) is 16.6 Å². The lowest BCUT2D eigenvalue weighted by atomic mass is 10.2. The Hall–Kier alpha value is -2.45. The molecule has 0 atom stereocenters. The average Bonchev–Trinajstić information content (AvgIpc) is 3.61. The maximum absolute atomic E-state index is 14.0. The largest absolute Gasteiger partial charge is 0.367 e. The predicted molar refractivity (Wildman–Crippen MR) is 123 cm³/mol. The van der Waals surface area contributed by atoms with Crippen molar-refractivity contribution in [3.8, 4) is 0 Å². The number of anilines is 1. The Bertz CT molecular complexity index is 1060. The Morgan fingerprint density at radius 1 is 1.03 bits per heavy atom. The maximum atomic E-state index is 14.0. The van der Waals surface area contributed by atoms with E-state index in [4.69, 9.17) is 0 Å². The number of carbonyl (C=O) groups excluding carboxylic acids is 1. The van der Waals surface area contributed by atoms with Crippen molar-refractivity contribution in [1.29, 1.82) is 0 Å². The summed E-state index contributed by atoms with van der Waals surface area (Å²) >= 11 is 0. The van der Waals surface area contributed by atoms with Crippen LogP contribution in [0.3, 0.4) is 0 Å². The Labute approximate surface area is 189 Å². The van der Waals surface area contributed by atoms with Crippen LogP contribution in [0.2, 0.25) is 0 Å². The summed E-state index contributed by atoms with van der Waals surface area (Å²) in [4.78, 5) is 17.3. The molecule has 8 heteroatoms. The molecule has 6 nitrogen and oxygen atoms in total. The van der Waals surface area contributed by atoms with Gasteiger partial charge in [0.1, 0.15) is 5.82 Å². The van der Waals surface area contributed by atoms with Crippen molar-refractivity contribution in [3.63, 3.8) is 0 Å². The summed E-state index contributed by atoms with van der Waals surface area (Å²) in [5.41, 5.74) is 1.62. The highest BCUT2D eigenvalue weighted by atomic mass is 32.2. The van der Waals surface area contributed by atoms with Gasteiger partial charge in [-0.2, -0.15) is 0 Å². The van der Waals surface area contributed by atoms with Gasteiger partial charge < -0.3 is 10.2 Å². The number of aryl methyl sites for hydroxylation is 1. The second kappa shape index (κ2) is 9.19. The number of nitrogens with one attached hydrogen (secondary N) is 1. The molecule has 2 aromatic carbocycles. The number of piperazine rings is 1. The molecule has 1 heterocycles. The van der Waals surface area contributed by atoms with Gasteiger partial charge in [0.05, 0.1) is 10.6 Å². The number of halogens is 1. The molecule has 172 valence electrons. The first-order valence-corrected chi connectivity index (χ1v) is 12.6. The molecule has 1 aliphatic heterocycles. The van der Waals surface area contributed by atoms with Gasteiger partial charge in [0, 0.05) is 32.7 Å². The monoisotopic (exact) mass is 459 g/mol. The fourth-order valence-electron chi connectivity index (χ4n) is 4.26. The average molecular weight is 460 g/mol. The SMILES string of the molecule is Cc1ccc(S(=O)(=O)C2(C(=O)NCCCN3CCN(c4ccccc4F)CC3)CC2)cc1. The Morgan fingerprint density at radius 2 is 1.69 bits per heavy atom. The van der Waals surface area contributed by atoms with Crippen molar-refractivity contribution in [2.24, 2.45) is 0 Å². The van der Waals surface area contributed by atoms with Crippen LogP contribution in [-0.4, -0.2) is 63.2 Å². The van der Waals surface area contributed by atoms with Crippen molar-refractivity contribution in [3.05, 3.63) is 59.9 Å². The quantitative estimate of drug-likeness (QED) is 0.615. The van der Waals surface area contributed by atoms with Crippen LogP contribution in [0.1, 0.15) is 24.8 Å². The molecule has 0 spiro atoms. The minimum atomic E-state index is -3.70. The standard InChI is InChI=1S/C24H30FN3O3S/c1-19-7-9-20(10-8-19)32(30,31)24(11-12-24)23(29)26-13-4-14-27-15-17-28(18-16-27)22-6-3-2-5-21(22)25/h2-3,5-10H,4,11-18H2,1H3,(H,26,29). The van der Waals surface area contributed by atoms with Crippen LogP contribution in [-0.2, 0) is 14.6 Å². The van der Waals surface area contributed by atoms with E-state index in [0.29, 0.717) is 25.1 Å². The molecule has 2 fully saturated rings. The van der Waals surface area contributed by atoms with Crippen LogP contribution in [0.25, 0.3) is 0 Å². The Balaban J connectivity index is 1.23. The van der Waals surface area contributed by atoms with Gasteiger partial charge in [-0.3, -0.25) is 9.69 Å². The Kier molecular flexibility index (Phi) is 6.53. The number of carbonyl (C=O) groups is 1. The highest BCUT2D eigenvalue weighted by Crippen LogP contribution is 2.47. The molecule has 0 unspecified atom stereocenters. The van der Waals surface area contributed by atoms with E-state index in [1.807, 2.05) is 13.0 Å². The molecule has 1 saturated heterocycles. The van der Waals surface area contributed by atoms with Gasteiger partial charge in [-0.15, -0.1) is 0 Å². The second-order valence-electron chi connectivity index (χ2n) is 8.70. The van der Waals surface area contributed by atoms with Crippen LogP contribution in [0.4, 0.5) is 10.1 Å². The summed E-state index contributed by atoms with van der Waals surface area (Å²) in [5.74, 6) is -0.583. The molecule has 0 radical (unpaired) electrons. The predicted octanol–water partition coefficient (Wildman–Crippen LogP) is 2.77. The minimum Gasteiger partial charge on any atom is -0.367 e. The van der Waals surface area contributed by atoms with E-state index >= 15 is 0 Å². The van der Waals surface area contributed by atoms with E-state index in [2.05, 4.69) is 15.1 Å². The molecule has 2 aromatic rings. The topological polar surface area (TPSA) is 69.7 Å². The summed E-state index contributed by atoms with van der Waals surface area (Å²) in [6.45, 7) is 6.31. The zero-order valence-electron chi connectivity index (χ0n) is 18.4. The third-order valence-electron chi connectivity index (χ3n) is 6.47. The van der Waals surface area contributed by atoms with Crippen LogP contribution in [0, 0.1) is 12.7 Å².